The van der Waals surface area contributed by atoms with E-state index >= 15 is 0 Å². The zero-order valence-electron chi connectivity index (χ0n) is 10.3. The standard InChI is InChI=1S/C13H13FN2O3/c1-9(7-11-3-2-6-19-11)15-10-4-5-12(14)13(8-10)16(17)18/h2-6,8-9,15H,7H2,1H3. The minimum absolute atomic E-state index is 0.0104. The van der Waals surface area contributed by atoms with Crippen LogP contribution in [0.1, 0.15) is 12.7 Å². The summed E-state index contributed by atoms with van der Waals surface area (Å²) in [5.41, 5.74) is -0.0256. The van der Waals surface area contributed by atoms with Gasteiger partial charge in [0.1, 0.15) is 5.76 Å². The largest absolute Gasteiger partial charge is 0.469 e. The second-order valence-electron chi connectivity index (χ2n) is 4.25. The highest BCUT2D eigenvalue weighted by molar-refractivity contribution is 5.52. The van der Waals surface area contributed by atoms with Gasteiger partial charge in [-0.3, -0.25) is 10.1 Å². The minimum Gasteiger partial charge on any atom is -0.469 e. The molecule has 19 heavy (non-hydrogen) atoms. The molecule has 0 fully saturated rings. The molecule has 0 aliphatic rings. The van der Waals surface area contributed by atoms with E-state index in [4.69, 9.17) is 4.42 Å². The lowest BCUT2D eigenvalue weighted by Gasteiger charge is -2.13. The van der Waals surface area contributed by atoms with E-state index in [0.29, 0.717) is 12.1 Å². The highest BCUT2D eigenvalue weighted by Crippen LogP contribution is 2.22. The molecule has 0 saturated carbocycles. The van der Waals surface area contributed by atoms with Crippen LogP contribution in [0.4, 0.5) is 15.8 Å². The van der Waals surface area contributed by atoms with Crippen molar-refractivity contribution in [2.45, 2.75) is 19.4 Å². The molecule has 0 spiro atoms. The van der Waals surface area contributed by atoms with Gasteiger partial charge in [0.05, 0.1) is 11.2 Å². The molecule has 1 heterocycles. The van der Waals surface area contributed by atoms with Crippen LogP contribution >= 0.6 is 0 Å². The molecule has 2 rings (SSSR count). The fourth-order valence-corrected chi connectivity index (χ4v) is 1.81. The summed E-state index contributed by atoms with van der Waals surface area (Å²) in [6, 6.07) is 7.40. The topological polar surface area (TPSA) is 68.3 Å². The molecule has 1 atom stereocenters. The molecule has 2 aromatic rings. The van der Waals surface area contributed by atoms with Crippen LogP contribution in [0.2, 0.25) is 0 Å². The molecule has 0 radical (unpaired) electrons. The molecule has 0 saturated heterocycles. The van der Waals surface area contributed by atoms with Crippen LogP contribution in [-0.2, 0) is 6.42 Å². The van der Waals surface area contributed by atoms with E-state index in [1.54, 1.807) is 12.3 Å². The Balaban J connectivity index is 2.06. The van der Waals surface area contributed by atoms with Crippen LogP contribution in [0.15, 0.2) is 41.0 Å². The summed E-state index contributed by atoms with van der Waals surface area (Å²) in [5.74, 6) is -0.0224. The number of nitro groups is 1. The lowest BCUT2D eigenvalue weighted by Crippen LogP contribution is -2.17. The molecule has 100 valence electrons. The van der Waals surface area contributed by atoms with E-state index in [0.717, 1.165) is 11.8 Å². The molecule has 0 aliphatic carbocycles. The quantitative estimate of drug-likeness (QED) is 0.664. The molecule has 1 aromatic heterocycles. The number of nitro benzene ring substituents is 1. The number of hydrogen-bond donors (Lipinski definition) is 1. The van der Waals surface area contributed by atoms with Crippen molar-refractivity contribution in [3.63, 3.8) is 0 Å². The Hall–Kier alpha value is -2.37. The maximum atomic E-state index is 13.2. The van der Waals surface area contributed by atoms with Crippen LogP contribution in [0, 0.1) is 15.9 Å². The first-order valence-corrected chi connectivity index (χ1v) is 5.79. The van der Waals surface area contributed by atoms with Crippen molar-refractivity contribution in [1.29, 1.82) is 0 Å². The molecule has 1 N–H and O–H groups in total. The van der Waals surface area contributed by atoms with Gasteiger partial charge in [-0.2, -0.15) is 4.39 Å². The van der Waals surface area contributed by atoms with Gasteiger partial charge in [0.2, 0.25) is 5.82 Å². The van der Waals surface area contributed by atoms with Crippen molar-refractivity contribution in [3.05, 3.63) is 58.3 Å². The number of nitrogens with one attached hydrogen (secondary N) is 1. The van der Waals surface area contributed by atoms with E-state index in [1.807, 2.05) is 13.0 Å². The Labute approximate surface area is 109 Å². The zero-order chi connectivity index (χ0) is 13.8. The average Bonchev–Trinajstić information content (AvgIpc) is 2.84. The number of halogens is 1. The van der Waals surface area contributed by atoms with Crippen molar-refractivity contribution in [2.75, 3.05) is 5.32 Å². The summed E-state index contributed by atoms with van der Waals surface area (Å²) in [5, 5.41) is 13.7. The molecule has 6 heteroatoms. The Morgan fingerprint density at radius 1 is 1.47 bits per heavy atom. The maximum Gasteiger partial charge on any atom is 0.306 e. The number of nitrogens with zero attached hydrogens (tertiary/aromatic N) is 1. The third-order valence-corrected chi connectivity index (χ3v) is 2.64. The number of rotatable bonds is 5. The van der Waals surface area contributed by atoms with Crippen molar-refractivity contribution >= 4 is 11.4 Å². The fourth-order valence-electron chi connectivity index (χ4n) is 1.81. The first kappa shape index (κ1) is 13.1. The lowest BCUT2D eigenvalue weighted by atomic mass is 10.2. The van der Waals surface area contributed by atoms with Crippen LogP contribution in [0.5, 0.6) is 0 Å². The maximum absolute atomic E-state index is 13.2. The highest BCUT2D eigenvalue weighted by atomic mass is 19.1. The summed E-state index contributed by atoms with van der Waals surface area (Å²) in [4.78, 5) is 9.90. The lowest BCUT2D eigenvalue weighted by molar-refractivity contribution is -0.387. The van der Waals surface area contributed by atoms with Gasteiger partial charge in [-0.05, 0) is 31.2 Å². The van der Waals surface area contributed by atoms with E-state index < -0.39 is 16.4 Å². The molecule has 0 aliphatic heterocycles. The van der Waals surface area contributed by atoms with Gasteiger partial charge in [-0.1, -0.05) is 0 Å². The first-order chi connectivity index (χ1) is 9.06. The van der Waals surface area contributed by atoms with Gasteiger partial charge in [-0.15, -0.1) is 0 Å². The second-order valence-corrected chi connectivity index (χ2v) is 4.25. The predicted octanol–water partition coefficient (Wildman–Crippen LogP) is 3.37. The Morgan fingerprint density at radius 3 is 2.89 bits per heavy atom. The van der Waals surface area contributed by atoms with Crippen molar-refractivity contribution in [2.24, 2.45) is 0 Å². The Bertz CT molecular complexity index is 569. The normalized spacial score (nSPS) is 12.1. The minimum atomic E-state index is -0.839. The van der Waals surface area contributed by atoms with E-state index in [9.17, 15) is 14.5 Å². The van der Waals surface area contributed by atoms with Crippen molar-refractivity contribution < 1.29 is 13.7 Å². The number of benzene rings is 1. The summed E-state index contributed by atoms with van der Waals surface area (Å²) >= 11 is 0. The summed E-state index contributed by atoms with van der Waals surface area (Å²) in [6.45, 7) is 1.91. The summed E-state index contributed by atoms with van der Waals surface area (Å²) in [6.07, 6.45) is 2.23. The van der Waals surface area contributed by atoms with Gasteiger partial charge < -0.3 is 9.73 Å². The van der Waals surface area contributed by atoms with E-state index in [-0.39, 0.29) is 6.04 Å². The highest BCUT2D eigenvalue weighted by Gasteiger charge is 2.15. The molecule has 0 bridgehead atoms. The van der Waals surface area contributed by atoms with Crippen molar-refractivity contribution in [1.82, 2.24) is 0 Å². The monoisotopic (exact) mass is 264 g/mol. The first-order valence-electron chi connectivity index (χ1n) is 5.79. The van der Waals surface area contributed by atoms with Crippen molar-refractivity contribution in [3.8, 4) is 0 Å². The van der Waals surface area contributed by atoms with Crippen LogP contribution in [0.3, 0.4) is 0 Å². The SMILES string of the molecule is CC(Cc1ccco1)Nc1ccc(F)c([N+](=O)[O-])c1. The molecule has 0 amide bonds. The summed E-state index contributed by atoms with van der Waals surface area (Å²) < 4.78 is 18.4. The Kier molecular flexibility index (Phi) is 3.79. The van der Waals surface area contributed by atoms with E-state index in [1.165, 1.54) is 12.1 Å². The van der Waals surface area contributed by atoms with Gasteiger partial charge in [0.15, 0.2) is 0 Å². The smallest absolute Gasteiger partial charge is 0.306 e. The molecule has 1 aromatic carbocycles. The third-order valence-electron chi connectivity index (χ3n) is 2.64. The zero-order valence-corrected chi connectivity index (χ0v) is 10.3. The summed E-state index contributed by atoms with van der Waals surface area (Å²) in [7, 11) is 0. The average molecular weight is 264 g/mol. The van der Waals surface area contributed by atoms with E-state index in [2.05, 4.69) is 5.32 Å². The van der Waals surface area contributed by atoms with Gasteiger partial charge >= 0.3 is 5.69 Å². The van der Waals surface area contributed by atoms with Crippen LogP contribution in [0.25, 0.3) is 0 Å². The third kappa shape index (κ3) is 3.31. The second kappa shape index (κ2) is 5.51. The molecular weight excluding hydrogens is 251 g/mol. The molecular formula is C13H13FN2O3. The van der Waals surface area contributed by atoms with Gasteiger partial charge in [0.25, 0.3) is 0 Å². The Morgan fingerprint density at radius 2 is 2.26 bits per heavy atom. The van der Waals surface area contributed by atoms with Crippen LogP contribution in [-0.4, -0.2) is 11.0 Å². The molecule has 1 unspecified atom stereocenters. The van der Waals surface area contributed by atoms with Gasteiger partial charge in [0, 0.05) is 24.2 Å². The number of anilines is 1. The number of hydrogen-bond acceptors (Lipinski definition) is 4. The van der Waals surface area contributed by atoms with Crippen LogP contribution < -0.4 is 5.32 Å². The van der Waals surface area contributed by atoms with Gasteiger partial charge in [-0.25, -0.2) is 0 Å². The number of furan rings is 1. The molecule has 5 nitrogen and oxygen atoms in total. The predicted molar refractivity (Wildman–Crippen MR) is 68.6 cm³/mol. The fraction of sp³-hybridized carbons (Fsp3) is 0.231.